The summed E-state index contributed by atoms with van der Waals surface area (Å²) < 4.78 is 5.05. The first-order valence-electron chi connectivity index (χ1n) is 5.02. The van der Waals surface area contributed by atoms with Gasteiger partial charge in [0.15, 0.2) is 0 Å². The molecule has 0 aliphatic carbocycles. The van der Waals surface area contributed by atoms with Gasteiger partial charge in [-0.15, -0.1) is 0 Å². The summed E-state index contributed by atoms with van der Waals surface area (Å²) in [7, 11) is 0. The number of benzene rings is 1. The number of halogens is 2. The monoisotopic (exact) mass is 271 g/mol. The van der Waals surface area contributed by atoms with Crippen LogP contribution >= 0.6 is 23.2 Å². The van der Waals surface area contributed by atoms with E-state index < -0.39 is 11.9 Å². The second kappa shape index (κ2) is 6.48. The Morgan fingerprint density at radius 1 is 1.53 bits per heavy atom. The first kappa shape index (κ1) is 13.8. The molecule has 0 amide bonds. The van der Waals surface area contributed by atoms with Gasteiger partial charge in [-0.1, -0.05) is 36.2 Å². The van der Waals surface area contributed by atoms with Crippen LogP contribution < -0.4 is 0 Å². The first-order chi connectivity index (χ1) is 8.04. The lowest BCUT2D eigenvalue weighted by atomic mass is 10.1. The summed E-state index contributed by atoms with van der Waals surface area (Å²) >= 11 is 11.7. The number of hydrogen-bond donors (Lipinski definition) is 0. The van der Waals surface area contributed by atoms with E-state index in [9.17, 15) is 4.79 Å². The maximum absolute atomic E-state index is 11.4. The molecule has 0 saturated heterocycles. The molecule has 0 aliphatic rings. The number of rotatable bonds is 4. The Kier molecular flexibility index (Phi) is 5.27. The number of hydrogen-bond acceptors (Lipinski definition) is 3. The molecule has 1 aromatic carbocycles. The van der Waals surface area contributed by atoms with Crippen molar-refractivity contribution in [3.05, 3.63) is 33.8 Å². The second-order valence-electron chi connectivity index (χ2n) is 3.61. The molecular formula is C12H11Cl2NO2. The van der Waals surface area contributed by atoms with E-state index in [0.717, 1.165) is 0 Å². The Morgan fingerprint density at radius 2 is 2.24 bits per heavy atom. The third-order valence-electron chi connectivity index (χ3n) is 2.18. The summed E-state index contributed by atoms with van der Waals surface area (Å²) in [6.45, 7) is 1.74. The number of nitriles is 1. The lowest BCUT2D eigenvalue weighted by Crippen LogP contribution is -2.14. The van der Waals surface area contributed by atoms with Crippen molar-refractivity contribution >= 4 is 29.2 Å². The van der Waals surface area contributed by atoms with Crippen molar-refractivity contribution in [3.63, 3.8) is 0 Å². The summed E-state index contributed by atoms with van der Waals surface area (Å²) in [5.74, 6) is -0.830. The minimum atomic E-state index is -0.425. The van der Waals surface area contributed by atoms with Gasteiger partial charge in [0.2, 0.25) is 0 Å². The van der Waals surface area contributed by atoms with Crippen LogP contribution in [0.2, 0.25) is 10.0 Å². The van der Waals surface area contributed by atoms with Crippen LogP contribution in [0.4, 0.5) is 0 Å². The molecule has 0 N–H and O–H groups in total. The van der Waals surface area contributed by atoms with E-state index in [0.29, 0.717) is 15.6 Å². The average Bonchev–Trinajstić information content (AvgIpc) is 2.27. The predicted octanol–water partition coefficient (Wildman–Crippen LogP) is 3.59. The number of nitrogens with zero attached hydrogens (tertiary/aromatic N) is 1. The Balaban J connectivity index is 2.56. The van der Waals surface area contributed by atoms with Crippen LogP contribution in [-0.4, -0.2) is 5.97 Å². The van der Waals surface area contributed by atoms with Gasteiger partial charge in [-0.2, -0.15) is 5.26 Å². The molecule has 90 valence electrons. The Bertz CT molecular complexity index is 454. The van der Waals surface area contributed by atoms with Crippen molar-refractivity contribution < 1.29 is 9.53 Å². The zero-order chi connectivity index (χ0) is 12.8. The van der Waals surface area contributed by atoms with Gasteiger partial charge in [0.1, 0.15) is 6.61 Å². The lowest BCUT2D eigenvalue weighted by Gasteiger charge is -2.09. The molecule has 5 heteroatoms. The van der Waals surface area contributed by atoms with E-state index in [4.69, 9.17) is 33.2 Å². The van der Waals surface area contributed by atoms with E-state index >= 15 is 0 Å². The normalized spacial score (nSPS) is 11.6. The van der Waals surface area contributed by atoms with E-state index in [1.165, 1.54) is 0 Å². The highest BCUT2D eigenvalue weighted by Crippen LogP contribution is 2.21. The molecule has 0 spiro atoms. The van der Waals surface area contributed by atoms with E-state index in [1.54, 1.807) is 25.1 Å². The SMILES string of the molecule is CC(CC#N)C(=O)OCc1ccc(Cl)cc1Cl. The van der Waals surface area contributed by atoms with Crippen molar-refractivity contribution in [2.75, 3.05) is 0 Å². The van der Waals surface area contributed by atoms with Gasteiger partial charge >= 0.3 is 5.97 Å². The van der Waals surface area contributed by atoms with E-state index in [1.807, 2.05) is 6.07 Å². The van der Waals surface area contributed by atoms with Crippen molar-refractivity contribution in [2.45, 2.75) is 20.0 Å². The number of ether oxygens (including phenoxy) is 1. The zero-order valence-corrected chi connectivity index (χ0v) is 10.8. The van der Waals surface area contributed by atoms with Gasteiger partial charge < -0.3 is 4.74 Å². The third kappa shape index (κ3) is 4.26. The molecule has 0 radical (unpaired) electrons. The topological polar surface area (TPSA) is 50.1 Å². The molecular weight excluding hydrogens is 261 g/mol. The summed E-state index contributed by atoms with van der Waals surface area (Å²) in [4.78, 5) is 11.4. The molecule has 3 nitrogen and oxygen atoms in total. The van der Waals surface area contributed by atoms with Crippen LogP contribution in [0.1, 0.15) is 18.9 Å². The molecule has 0 fully saturated rings. The smallest absolute Gasteiger partial charge is 0.310 e. The fraction of sp³-hybridized carbons (Fsp3) is 0.333. The van der Waals surface area contributed by atoms with Gasteiger partial charge in [-0.05, 0) is 12.1 Å². The summed E-state index contributed by atoms with van der Waals surface area (Å²) in [6.07, 6.45) is 0.146. The van der Waals surface area contributed by atoms with Crippen LogP contribution in [0.25, 0.3) is 0 Å². The molecule has 0 aromatic heterocycles. The number of carbonyl (C=O) groups is 1. The lowest BCUT2D eigenvalue weighted by molar-refractivity contribution is -0.149. The average molecular weight is 272 g/mol. The van der Waals surface area contributed by atoms with Crippen molar-refractivity contribution in [2.24, 2.45) is 5.92 Å². The summed E-state index contributed by atoms with van der Waals surface area (Å²) in [6, 6.07) is 6.89. The highest BCUT2D eigenvalue weighted by atomic mass is 35.5. The van der Waals surface area contributed by atoms with Crippen LogP contribution in [0.15, 0.2) is 18.2 Å². The van der Waals surface area contributed by atoms with Crippen molar-refractivity contribution in [1.29, 1.82) is 5.26 Å². The maximum atomic E-state index is 11.4. The zero-order valence-electron chi connectivity index (χ0n) is 9.24. The Hall–Kier alpha value is -1.24. The minimum Gasteiger partial charge on any atom is -0.461 e. The van der Waals surface area contributed by atoms with Crippen LogP contribution in [0.3, 0.4) is 0 Å². The molecule has 0 aliphatic heterocycles. The fourth-order valence-corrected chi connectivity index (χ4v) is 1.61. The Labute approximate surface area is 110 Å². The highest BCUT2D eigenvalue weighted by molar-refractivity contribution is 6.35. The molecule has 0 heterocycles. The van der Waals surface area contributed by atoms with Crippen LogP contribution in [0.5, 0.6) is 0 Å². The Morgan fingerprint density at radius 3 is 2.82 bits per heavy atom. The van der Waals surface area contributed by atoms with E-state index in [2.05, 4.69) is 0 Å². The minimum absolute atomic E-state index is 0.0879. The highest BCUT2D eigenvalue weighted by Gasteiger charge is 2.14. The number of esters is 1. The predicted molar refractivity (Wildman–Crippen MR) is 65.7 cm³/mol. The first-order valence-corrected chi connectivity index (χ1v) is 5.77. The van der Waals surface area contributed by atoms with Crippen LogP contribution in [0, 0.1) is 17.2 Å². The molecule has 17 heavy (non-hydrogen) atoms. The van der Waals surface area contributed by atoms with Gasteiger partial charge in [0.05, 0.1) is 12.0 Å². The summed E-state index contributed by atoms with van der Waals surface area (Å²) in [5.41, 5.74) is 0.688. The van der Waals surface area contributed by atoms with Crippen molar-refractivity contribution in [3.8, 4) is 6.07 Å². The summed E-state index contributed by atoms with van der Waals surface area (Å²) in [5, 5.41) is 9.44. The number of carbonyl (C=O) groups excluding carboxylic acids is 1. The van der Waals surface area contributed by atoms with Crippen molar-refractivity contribution in [1.82, 2.24) is 0 Å². The quantitative estimate of drug-likeness (QED) is 0.787. The molecule has 1 rings (SSSR count). The van der Waals surface area contributed by atoms with Gasteiger partial charge in [-0.3, -0.25) is 4.79 Å². The van der Waals surface area contributed by atoms with Gasteiger partial charge in [0, 0.05) is 22.0 Å². The van der Waals surface area contributed by atoms with Gasteiger partial charge in [0.25, 0.3) is 0 Å². The molecule has 1 atom stereocenters. The largest absolute Gasteiger partial charge is 0.461 e. The molecule has 0 saturated carbocycles. The fourth-order valence-electron chi connectivity index (χ4n) is 1.15. The molecule has 0 bridgehead atoms. The van der Waals surface area contributed by atoms with Gasteiger partial charge in [-0.25, -0.2) is 0 Å². The molecule has 1 unspecified atom stereocenters. The maximum Gasteiger partial charge on any atom is 0.310 e. The van der Waals surface area contributed by atoms with Crippen LogP contribution in [-0.2, 0) is 16.1 Å². The van der Waals surface area contributed by atoms with E-state index in [-0.39, 0.29) is 13.0 Å². The standard InChI is InChI=1S/C12H11Cl2NO2/c1-8(4-5-15)12(16)17-7-9-2-3-10(13)6-11(9)14/h2-3,6,8H,4,7H2,1H3. The third-order valence-corrected chi connectivity index (χ3v) is 2.77. The second-order valence-corrected chi connectivity index (χ2v) is 4.45. The molecule has 1 aromatic rings.